The first-order valence-corrected chi connectivity index (χ1v) is 6.93. The van der Waals surface area contributed by atoms with Crippen LogP contribution in [0.15, 0.2) is 53.1 Å². The minimum atomic E-state index is -0.831. The summed E-state index contributed by atoms with van der Waals surface area (Å²) in [6, 6.07) is 9.90. The maximum Gasteiger partial charge on any atom is 0.345 e. The van der Waals surface area contributed by atoms with Gasteiger partial charge in [0.1, 0.15) is 11.2 Å². The number of nitrogens with two attached hydrogens (primary N) is 1. The predicted octanol–water partition coefficient (Wildman–Crippen LogP) is 2.22. The Kier molecular flexibility index (Phi) is 2.97. The number of benzene rings is 1. The Bertz CT molecular complexity index is 687. The van der Waals surface area contributed by atoms with E-state index in [1.807, 2.05) is 50.3 Å². The van der Waals surface area contributed by atoms with E-state index >= 15 is 0 Å². The van der Waals surface area contributed by atoms with Gasteiger partial charge in [-0.25, -0.2) is 4.79 Å². The van der Waals surface area contributed by atoms with Crippen molar-refractivity contribution >= 4 is 11.9 Å². The van der Waals surface area contributed by atoms with Crippen molar-refractivity contribution in [2.75, 3.05) is 0 Å². The SMILES string of the molecule is CC1=CC2=C(C(N)=O)C(=O)O[C@]2(C)[C@@H](c2ccccc2)C1. The smallest absolute Gasteiger partial charge is 0.345 e. The molecule has 0 spiro atoms. The molecule has 3 rings (SSSR count). The highest BCUT2D eigenvalue weighted by molar-refractivity contribution is 6.18. The van der Waals surface area contributed by atoms with Crippen molar-refractivity contribution in [2.24, 2.45) is 5.73 Å². The number of fused-ring (bicyclic) bond motifs is 1. The van der Waals surface area contributed by atoms with Crippen LogP contribution < -0.4 is 5.73 Å². The Morgan fingerprint density at radius 3 is 2.62 bits per heavy atom. The highest BCUT2D eigenvalue weighted by atomic mass is 16.6. The molecule has 1 aliphatic heterocycles. The number of carbonyl (C=O) groups excluding carboxylic acids is 2. The summed E-state index contributed by atoms with van der Waals surface area (Å²) in [6.45, 7) is 3.85. The fourth-order valence-corrected chi connectivity index (χ4v) is 3.31. The average molecular weight is 283 g/mol. The van der Waals surface area contributed by atoms with Gasteiger partial charge in [0, 0.05) is 11.5 Å². The maximum atomic E-state index is 12.1. The highest BCUT2D eigenvalue weighted by Gasteiger charge is 2.52. The van der Waals surface area contributed by atoms with Gasteiger partial charge in [0.25, 0.3) is 5.91 Å². The van der Waals surface area contributed by atoms with Gasteiger partial charge in [-0.15, -0.1) is 0 Å². The Hall–Kier alpha value is -2.36. The zero-order chi connectivity index (χ0) is 15.2. The Balaban J connectivity index is 2.19. The molecular formula is C17H17NO3. The van der Waals surface area contributed by atoms with E-state index in [1.54, 1.807) is 0 Å². The Morgan fingerprint density at radius 1 is 1.33 bits per heavy atom. The van der Waals surface area contributed by atoms with E-state index in [1.165, 1.54) is 0 Å². The Morgan fingerprint density at radius 2 is 2.00 bits per heavy atom. The molecule has 1 heterocycles. The minimum absolute atomic E-state index is 0.0144. The minimum Gasteiger partial charge on any atom is -0.450 e. The number of amides is 1. The van der Waals surface area contributed by atoms with E-state index < -0.39 is 17.5 Å². The number of hydrogen-bond acceptors (Lipinski definition) is 3. The monoisotopic (exact) mass is 283 g/mol. The number of hydrogen-bond donors (Lipinski definition) is 1. The molecule has 21 heavy (non-hydrogen) atoms. The Labute approximate surface area is 123 Å². The molecule has 108 valence electrons. The predicted molar refractivity (Wildman–Crippen MR) is 78.3 cm³/mol. The summed E-state index contributed by atoms with van der Waals surface area (Å²) < 4.78 is 5.58. The summed E-state index contributed by atoms with van der Waals surface area (Å²) in [5.74, 6) is -1.36. The van der Waals surface area contributed by atoms with E-state index in [-0.39, 0.29) is 11.5 Å². The molecule has 0 saturated carbocycles. The van der Waals surface area contributed by atoms with Crippen molar-refractivity contribution < 1.29 is 14.3 Å². The van der Waals surface area contributed by atoms with Gasteiger partial charge in [0.2, 0.25) is 0 Å². The molecule has 0 aromatic heterocycles. The number of rotatable bonds is 2. The number of allylic oxidation sites excluding steroid dienone is 1. The third-order valence-corrected chi connectivity index (χ3v) is 4.34. The highest BCUT2D eigenvalue weighted by Crippen LogP contribution is 2.50. The second-order valence-corrected chi connectivity index (χ2v) is 5.81. The van der Waals surface area contributed by atoms with E-state index in [2.05, 4.69) is 0 Å². The van der Waals surface area contributed by atoms with E-state index in [0.29, 0.717) is 5.57 Å². The molecule has 1 aromatic carbocycles. The van der Waals surface area contributed by atoms with Crippen molar-refractivity contribution in [1.82, 2.24) is 0 Å². The van der Waals surface area contributed by atoms with Gasteiger partial charge in [0.05, 0.1) is 0 Å². The van der Waals surface area contributed by atoms with Gasteiger partial charge in [-0.05, 0) is 25.8 Å². The number of carbonyl (C=O) groups is 2. The van der Waals surface area contributed by atoms with Gasteiger partial charge in [-0.2, -0.15) is 0 Å². The van der Waals surface area contributed by atoms with Crippen molar-refractivity contribution in [3.05, 3.63) is 58.7 Å². The molecule has 2 N–H and O–H groups in total. The van der Waals surface area contributed by atoms with Crippen LogP contribution in [0.5, 0.6) is 0 Å². The summed E-state index contributed by atoms with van der Waals surface area (Å²) in [5, 5.41) is 0. The topological polar surface area (TPSA) is 69.4 Å². The summed E-state index contributed by atoms with van der Waals surface area (Å²) in [5.41, 5.74) is 7.31. The van der Waals surface area contributed by atoms with Crippen molar-refractivity contribution in [3.8, 4) is 0 Å². The lowest BCUT2D eigenvalue weighted by Gasteiger charge is -2.38. The summed E-state index contributed by atoms with van der Waals surface area (Å²) in [6.07, 6.45) is 2.65. The molecule has 1 aliphatic carbocycles. The van der Waals surface area contributed by atoms with E-state index in [9.17, 15) is 9.59 Å². The summed E-state index contributed by atoms with van der Waals surface area (Å²) in [4.78, 5) is 23.7. The van der Waals surface area contributed by atoms with Crippen molar-refractivity contribution in [2.45, 2.75) is 31.8 Å². The summed E-state index contributed by atoms with van der Waals surface area (Å²) in [7, 11) is 0. The van der Waals surface area contributed by atoms with E-state index in [4.69, 9.17) is 10.5 Å². The zero-order valence-electron chi connectivity index (χ0n) is 12.1. The normalized spacial score (nSPS) is 28.0. The molecule has 4 heteroatoms. The maximum absolute atomic E-state index is 12.1. The van der Waals surface area contributed by atoms with Crippen LogP contribution in [-0.4, -0.2) is 17.5 Å². The molecule has 0 unspecified atom stereocenters. The second-order valence-electron chi connectivity index (χ2n) is 5.81. The largest absolute Gasteiger partial charge is 0.450 e. The van der Waals surface area contributed by atoms with E-state index in [0.717, 1.165) is 17.6 Å². The lowest BCUT2D eigenvalue weighted by Crippen LogP contribution is -2.38. The fraction of sp³-hybridized carbons (Fsp3) is 0.294. The van der Waals surface area contributed by atoms with Crippen LogP contribution in [0, 0.1) is 0 Å². The molecule has 4 nitrogen and oxygen atoms in total. The molecule has 2 atom stereocenters. The number of primary amides is 1. The van der Waals surface area contributed by atoms with Crippen molar-refractivity contribution in [3.63, 3.8) is 0 Å². The van der Waals surface area contributed by atoms with Crippen molar-refractivity contribution in [1.29, 1.82) is 0 Å². The van der Waals surface area contributed by atoms with Crippen LogP contribution in [0.1, 0.15) is 31.7 Å². The van der Waals surface area contributed by atoms with Crippen LogP contribution >= 0.6 is 0 Å². The third-order valence-electron chi connectivity index (χ3n) is 4.34. The van der Waals surface area contributed by atoms with Gasteiger partial charge < -0.3 is 10.5 Å². The lowest BCUT2D eigenvalue weighted by atomic mass is 9.70. The first-order chi connectivity index (χ1) is 9.93. The lowest BCUT2D eigenvalue weighted by molar-refractivity contribution is -0.148. The third kappa shape index (κ3) is 1.98. The van der Waals surface area contributed by atoms with Gasteiger partial charge in [-0.3, -0.25) is 4.79 Å². The van der Waals surface area contributed by atoms with Crippen LogP contribution in [0.25, 0.3) is 0 Å². The quantitative estimate of drug-likeness (QED) is 0.668. The number of esters is 1. The molecule has 0 saturated heterocycles. The number of ether oxygens (including phenoxy) is 1. The summed E-state index contributed by atoms with van der Waals surface area (Å²) >= 11 is 0. The van der Waals surface area contributed by atoms with Gasteiger partial charge in [-0.1, -0.05) is 42.0 Å². The molecule has 0 radical (unpaired) electrons. The van der Waals surface area contributed by atoms with Crippen LogP contribution in [0.4, 0.5) is 0 Å². The second kappa shape index (κ2) is 4.58. The fourth-order valence-electron chi connectivity index (χ4n) is 3.31. The van der Waals surface area contributed by atoms with Gasteiger partial charge in [0.15, 0.2) is 0 Å². The first kappa shape index (κ1) is 13.6. The van der Waals surface area contributed by atoms with Gasteiger partial charge >= 0.3 is 5.97 Å². The molecule has 1 amide bonds. The molecule has 0 fully saturated rings. The molecular weight excluding hydrogens is 266 g/mol. The molecule has 2 aliphatic rings. The van der Waals surface area contributed by atoms with Crippen LogP contribution in [0.3, 0.4) is 0 Å². The van der Waals surface area contributed by atoms with Crippen LogP contribution in [-0.2, 0) is 14.3 Å². The standard InChI is InChI=1S/C17H17NO3/c1-10-8-12(11-6-4-3-5-7-11)17(2)13(9-10)14(15(18)19)16(20)21-17/h3-7,9,12H,8H2,1-2H3,(H2,18,19)/t12-,17-/m1/s1. The molecule has 1 aromatic rings. The average Bonchev–Trinajstić information content (AvgIpc) is 2.69. The zero-order valence-corrected chi connectivity index (χ0v) is 12.1. The first-order valence-electron chi connectivity index (χ1n) is 6.93. The molecule has 0 bridgehead atoms. The van der Waals surface area contributed by atoms with Crippen LogP contribution in [0.2, 0.25) is 0 Å².